The third-order valence-electron chi connectivity index (χ3n) is 4.32. The molecule has 1 heterocycles. The molecular formula is C22H21N3O3. The lowest BCUT2D eigenvalue weighted by Crippen LogP contribution is -2.23. The van der Waals surface area contributed by atoms with Gasteiger partial charge in [-0.3, -0.25) is 4.79 Å². The Hall–Kier alpha value is -3.67. The Labute approximate surface area is 163 Å². The first-order chi connectivity index (χ1) is 13.6. The first-order valence-corrected chi connectivity index (χ1v) is 8.81. The molecule has 0 radical (unpaired) electrons. The average Bonchev–Trinajstić information content (AvgIpc) is 2.73. The van der Waals surface area contributed by atoms with Gasteiger partial charge in [0.15, 0.2) is 0 Å². The van der Waals surface area contributed by atoms with Gasteiger partial charge in [-0.1, -0.05) is 36.4 Å². The number of esters is 1. The molecule has 0 unspecified atom stereocenters. The van der Waals surface area contributed by atoms with Crippen LogP contribution in [0.4, 0.5) is 11.5 Å². The van der Waals surface area contributed by atoms with Crippen molar-refractivity contribution >= 4 is 23.4 Å². The van der Waals surface area contributed by atoms with Crippen LogP contribution in [0.15, 0.2) is 66.9 Å². The molecule has 0 aliphatic heterocycles. The number of nitrogens with zero attached hydrogens (tertiary/aromatic N) is 1. The van der Waals surface area contributed by atoms with E-state index in [4.69, 9.17) is 4.74 Å². The minimum atomic E-state index is -0.435. The lowest BCUT2D eigenvalue weighted by atomic mass is 10.1. The molecule has 0 saturated carbocycles. The van der Waals surface area contributed by atoms with Crippen LogP contribution >= 0.6 is 0 Å². The highest BCUT2D eigenvalue weighted by Gasteiger charge is 2.12. The number of anilines is 2. The van der Waals surface area contributed by atoms with E-state index in [-0.39, 0.29) is 5.91 Å². The van der Waals surface area contributed by atoms with Gasteiger partial charge in [-0.2, -0.15) is 0 Å². The van der Waals surface area contributed by atoms with E-state index in [0.717, 1.165) is 11.1 Å². The van der Waals surface area contributed by atoms with Crippen molar-refractivity contribution < 1.29 is 14.3 Å². The van der Waals surface area contributed by atoms with E-state index < -0.39 is 5.97 Å². The number of aromatic nitrogens is 1. The molecule has 0 aliphatic rings. The maximum atomic E-state index is 12.3. The van der Waals surface area contributed by atoms with Crippen LogP contribution in [-0.2, 0) is 11.3 Å². The molecule has 3 rings (SSSR count). The minimum absolute atomic E-state index is 0.197. The number of ether oxygens (including phenoxy) is 1. The fourth-order valence-corrected chi connectivity index (χ4v) is 2.71. The average molecular weight is 375 g/mol. The monoisotopic (exact) mass is 375 g/mol. The van der Waals surface area contributed by atoms with Gasteiger partial charge in [0, 0.05) is 12.7 Å². The SMILES string of the molecule is COC(=O)c1ccccc1Nc1ccc(C(=O)NCc2ccccc2C)cn1. The number of hydrogen-bond acceptors (Lipinski definition) is 5. The quantitative estimate of drug-likeness (QED) is 0.640. The molecule has 3 aromatic rings. The van der Waals surface area contributed by atoms with E-state index in [2.05, 4.69) is 15.6 Å². The summed E-state index contributed by atoms with van der Waals surface area (Å²) in [5, 5.41) is 5.97. The van der Waals surface area contributed by atoms with Crippen LogP contribution in [0.5, 0.6) is 0 Å². The predicted molar refractivity (Wildman–Crippen MR) is 108 cm³/mol. The Kier molecular flexibility index (Phi) is 6.01. The van der Waals surface area contributed by atoms with Crippen LogP contribution in [0.1, 0.15) is 31.8 Å². The van der Waals surface area contributed by atoms with Gasteiger partial charge in [0.05, 0.1) is 23.9 Å². The second kappa shape index (κ2) is 8.81. The number of carbonyl (C=O) groups is 2. The first-order valence-electron chi connectivity index (χ1n) is 8.81. The molecule has 0 fully saturated rings. The molecule has 2 aromatic carbocycles. The molecule has 142 valence electrons. The number of hydrogen-bond donors (Lipinski definition) is 2. The van der Waals surface area contributed by atoms with Crippen LogP contribution in [0, 0.1) is 6.92 Å². The first kappa shape index (κ1) is 19.1. The zero-order valence-corrected chi connectivity index (χ0v) is 15.7. The van der Waals surface area contributed by atoms with E-state index in [1.165, 1.54) is 13.3 Å². The number of nitrogens with one attached hydrogen (secondary N) is 2. The van der Waals surface area contributed by atoms with Crippen molar-refractivity contribution in [2.24, 2.45) is 0 Å². The van der Waals surface area contributed by atoms with Crippen molar-refractivity contribution in [1.82, 2.24) is 10.3 Å². The highest BCUT2D eigenvalue weighted by molar-refractivity contribution is 5.96. The Morgan fingerprint density at radius 1 is 1.00 bits per heavy atom. The number of carbonyl (C=O) groups excluding carboxylic acids is 2. The van der Waals surface area contributed by atoms with Crippen LogP contribution in [0.25, 0.3) is 0 Å². The van der Waals surface area contributed by atoms with Gasteiger partial charge in [0.2, 0.25) is 0 Å². The van der Waals surface area contributed by atoms with Gasteiger partial charge in [-0.25, -0.2) is 9.78 Å². The second-order valence-corrected chi connectivity index (χ2v) is 6.20. The van der Waals surface area contributed by atoms with Crippen LogP contribution in [0.3, 0.4) is 0 Å². The van der Waals surface area contributed by atoms with Gasteiger partial charge in [-0.05, 0) is 42.3 Å². The van der Waals surface area contributed by atoms with Gasteiger partial charge in [0.25, 0.3) is 5.91 Å². The fourth-order valence-electron chi connectivity index (χ4n) is 2.71. The molecule has 0 aliphatic carbocycles. The second-order valence-electron chi connectivity index (χ2n) is 6.20. The Bertz CT molecular complexity index is 984. The lowest BCUT2D eigenvalue weighted by Gasteiger charge is -2.11. The molecule has 2 N–H and O–H groups in total. The third kappa shape index (κ3) is 4.54. The number of pyridine rings is 1. The van der Waals surface area contributed by atoms with Crippen molar-refractivity contribution in [1.29, 1.82) is 0 Å². The number of aryl methyl sites for hydroxylation is 1. The van der Waals surface area contributed by atoms with Crippen molar-refractivity contribution in [3.8, 4) is 0 Å². The number of benzene rings is 2. The molecule has 0 atom stereocenters. The van der Waals surface area contributed by atoms with Gasteiger partial charge < -0.3 is 15.4 Å². The third-order valence-corrected chi connectivity index (χ3v) is 4.32. The highest BCUT2D eigenvalue weighted by Crippen LogP contribution is 2.20. The van der Waals surface area contributed by atoms with Crippen LogP contribution in [0.2, 0.25) is 0 Å². The van der Waals surface area contributed by atoms with Crippen LogP contribution in [-0.4, -0.2) is 24.0 Å². The number of rotatable bonds is 6. The fraction of sp³-hybridized carbons (Fsp3) is 0.136. The normalized spacial score (nSPS) is 10.2. The number of methoxy groups -OCH3 is 1. The molecule has 0 spiro atoms. The topological polar surface area (TPSA) is 80.3 Å². The maximum absolute atomic E-state index is 12.3. The summed E-state index contributed by atoms with van der Waals surface area (Å²) in [6, 6.07) is 18.3. The van der Waals surface area contributed by atoms with E-state index >= 15 is 0 Å². The van der Waals surface area contributed by atoms with E-state index in [1.54, 1.807) is 30.3 Å². The molecular weight excluding hydrogens is 354 g/mol. The van der Waals surface area contributed by atoms with E-state index in [9.17, 15) is 9.59 Å². The zero-order valence-electron chi connectivity index (χ0n) is 15.7. The minimum Gasteiger partial charge on any atom is -0.465 e. The highest BCUT2D eigenvalue weighted by atomic mass is 16.5. The predicted octanol–water partition coefficient (Wildman–Crippen LogP) is 3.85. The summed E-state index contributed by atoms with van der Waals surface area (Å²) in [7, 11) is 1.34. The van der Waals surface area contributed by atoms with Gasteiger partial charge in [0.1, 0.15) is 5.82 Å². The smallest absolute Gasteiger partial charge is 0.339 e. The molecule has 0 bridgehead atoms. The van der Waals surface area contributed by atoms with E-state index in [0.29, 0.717) is 29.2 Å². The molecule has 0 saturated heterocycles. The summed E-state index contributed by atoms with van der Waals surface area (Å²) >= 11 is 0. The lowest BCUT2D eigenvalue weighted by molar-refractivity contribution is 0.0601. The Balaban J connectivity index is 1.66. The number of amides is 1. The van der Waals surface area contributed by atoms with Crippen molar-refractivity contribution in [3.63, 3.8) is 0 Å². The zero-order chi connectivity index (χ0) is 19.9. The number of para-hydroxylation sites is 1. The summed E-state index contributed by atoms with van der Waals surface area (Å²) in [6.45, 7) is 2.47. The Morgan fingerprint density at radius 3 is 2.46 bits per heavy atom. The van der Waals surface area contributed by atoms with Crippen molar-refractivity contribution in [3.05, 3.63) is 89.1 Å². The van der Waals surface area contributed by atoms with Gasteiger partial charge in [-0.15, -0.1) is 0 Å². The summed E-state index contributed by atoms with van der Waals surface area (Å²) in [5.74, 6) is -0.112. The summed E-state index contributed by atoms with van der Waals surface area (Å²) in [4.78, 5) is 28.5. The van der Waals surface area contributed by atoms with Crippen molar-refractivity contribution in [2.75, 3.05) is 12.4 Å². The molecule has 1 aromatic heterocycles. The van der Waals surface area contributed by atoms with E-state index in [1.807, 2.05) is 37.3 Å². The van der Waals surface area contributed by atoms with Crippen molar-refractivity contribution in [2.45, 2.75) is 13.5 Å². The largest absolute Gasteiger partial charge is 0.465 e. The van der Waals surface area contributed by atoms with Crippen LogP contribution < -0.4 is 10.6 Å². The maximum Gasteiger partial charge on any atom is 0.339 e. The molecule has 6 nitrogen and oxygen atoms in total. The summed E-state index contributed by atoms with van der Waals surface area (Å²) in [6.07, 6.45) is 1.50. The standard InChI is InChI=1S/C22H21N3O3/c1-15-7-3-4-8-16(15)13-24-21(26)17-11-12-20(23-14-17)25-19-10-6-5-9-18(19)22(27)28-2/h3-12,14H,13H2,1-2H3,(H,23,25)(H,24,26). The summed E-state index contributed by atoms with van der Waals surface area (Å²) < 4.78 is 4.78. The molecule has 1 amide bonds. The molecule has 28 heavy (non-hydrogen) atoms. The van der Waals surface area contributed by atoms with Gasteiger partial charge >= 0.3 is 5.97 Å². The Morgan fingerprint density at radius 2 is 1.75 bits per heavy atom. The molecule has 6 heteroatoms. The summed E-state index contributed by atoms with van der Waals surface area (Å²) in [5.41, 5.74) is 3.65.